The Morgan fingerprint density at radius 1 is 0.328 bits per heavy atom. The van der Waals surface area contributed by atoms with Crippen molar-refractivity contribution < 1.29 is 124 Å². The maximum absolute atomic E-state index is 12.9. The van der Waals surface area contributed by atoms with Crippen LogP contribution in [0.4, 0.5) is 0 Å². The van der Waals surface area contributed by atoms with E-state index >= 15 is 0 Å². The van der Waals surface area contributed by atoms with Crippen LogP contribution in [0.1, 0.15) is 69.2 Å². The highest BCUT2D eigenvalue weighted by atomic mass is 16.8. The lowest BCUT2D eigenvalue weighted by molar-refractivity contribution is -0.378. The fourth-order valence-electron chi connectivity index (χ4n) is 6.77. The molecule has 0 aromatic carbocycles. The van der Waals surface area contributed by atoms with Gasteiger partial charge < -0.3 is 76.2 Å². The summed E-state index contributed by atoms with van der Waals surface area (Å²) in [5, 5.41) is 10.9. The van der Waals surface area contributed by atoms with Crippen LogP contribution in [0.25, 0.3) is 0 Å². The van der Waals surface area contributed by atoms with Crippen molar-refractivity contribution >= 4 is 59.7 Å². The molecule has 360 valence electrons. The summed E-state index contributed by atoms with van der Waals surface area (Å²) < 4.78 is 84.2. The molecule has 3 aliphatic heterocycles. The number of aliphatic hydroxyl groups excluding tert-OH is 1. The van der Waals surface area contributed by atoms with Crippen LogP contribution in [-0.4, -0.2) is 177 Å². The molecule has 26 heteroatoms. The molecule has 0 aromatic heterocycles. The average Bonchev–Trinajstić information content (AvgIpc) is 3.15. The maximum Gasteiger partial charge on any atom is 0.303 e. The van der Waals surface area contributed by atoms with Gasteiger partial charge in [-0.2, -0.15) is 0 Å². The van der Waals surface area contributed by atoms with E-state index in [9.17, 15) is 53.1 Å². The maximum atomic E-state index is 12.9. The first-order valence-corrected chi connectivity index (χ1v) is 19.4. The number of aliphatic hydroxyl groups is 1. The van der Waals surface area contributed by atoms with Crippen molar-refractivity contribution in [2.45, 2.75) is 161 Å². The van der Waals surface area contributed by atoms with E-state index < -0.39 is 172 Å². The van der Waals surface area contributed by atoms with Gasteiger partial charge in [0, 0.05) is 69.2 Å². The van der Waals surface area contributed by atoms with E-state index in [-0.39, 0.29) is 0 Å². The van der Waals surface area contributed by atoms with Gasteiger partial charge in [-0.15, -0.1) is 0 Å². The van der Waals surface area contributed by atoms with Crippen molar-refractivity contribution in [2.75, 3.05) is 19.8 Å². The molecular formula is C38H52O26. The van der Waals surface area contributed by atoms with Crippen LogP contribution in [0.3, 0.4) is 0 Å². The lowest BCUT2D eigenvalue weighted by atomic mass is 9.95. The summed E-state index contributed by atoms with van der Waals surface area (Å²) in [7, 11) is 0. The number of carbonyl (C=O) groups excluding carboxylic acids is 10. The van der Waals surface area contributed by atoms with Crippen molar-refractivity contribution in [2.24, 2.45) is 0 Å². The van der Waals surface area contributed by atoms with Crippen molar-refractivity contribution in [1.29, 1.82) is 0 Å². The first kappa shape index (κ1) is 52.8. The molecule has 26 nitrogen and oxygen atoms in total. The second-order valence-electron chi connectivity index (χ2n) is 14.3. The van der Waals surface area contributed by atoms with Crippen molar-refractivity contribution in [3.63, 3.8) is 0 Å². The zero-order valence-corrected chi connectivity index (χ0v) is 36.4. The van der Waals surface area contributed by atoms with Gasteiger partial charge in [0.15, 0.2) is 61.6 Å². The molecule has 3 saturated heterocycles. The second kappa shape index (κ2) is 23.9. The molecule has 0 amide bonds. The SMILES string of the molecule is CC(=O)OCC1O[C@@H](O)C(OC(C)=O)[C@@H](OC(C)=O)[C@@H]1O[C@@H]1OC(COC(C)=O)[C@H](O[C@H]2OC(COC(C)=O)[C@H](OC(C)=O)[C@H](OC(C)=O)C2OC(C)=O)[C@H](OC(C)=O)C1OC(C)=O. The first-order chi connectivity index (χ1) is 29.9. The molecule has 0 radical (unpaired) electrons. The number of rotatable bonds is 17. The molecule has 0 aromatic rings. The van der Waals surface area contributed by atoms with Crippen molar-refractivity contribution in [1.82, 2.24) is 0 Å². The number of hydrogen-bond acceptors (Lipinski definition) is 26. The van der Waals surface area contributed by atoms with Gasteiger partial charge in [0.1, 0.15) is 50.3 Å². The molecule has 64 heavy (non-hydrogen) atoms. The van der Waals surface area contributed by atoms with Crippen molar-refractivity contribution in [3.05, 3.63) is 0 Å². The molecule has 3 aliphatic rings. The summed E-state index contributed by atoms with van der Waals surface area (Å²) in [6.45, 7) is 7.65. The highest BCUT2D eigenvalue weighted by Crippen LogP contribution is 2.38. The molecule has 3 fully saturated rings. The normalized spacial score (nSPS) is 32.3. The van der Waals surface area contributed by atoms with Gasteiger partial charge in [0.2, 0.25) is 0 Å². The van der Waals surface area contributed by atoms with E-state index in [1.54, 1.807) is 0 Å². The number of ether oxygens (including phenoxy) is 15. The summed E-state index contributed by atoms with van der Waals surface area (Å²) in [4.78, 5) is 124. The van der Waals surface area contributed by atoms with Gasteiger partial charge in [0.25, 0.3) is 0 Å². The number of esters is 10. The Hall–Kier alpha value is -5.54. The summed E-state index contributed by atoms with van der Waals surface area (Å²) in [5.41, 5.74) is 0. The van der Waals surface area contributed by atoms with Crippen LogP contribution in [0.2, 0.25) is 0 Å². The molecule has 1 N–H and O–H groups in total. The van der Waals surface area contributed by atoms with Gasteiger partial charge in [-0.1, -0.05) is 0 Å². The molecule has 3 rings (SSSR count). The minimum absolute atomic E-state index is 0.681. The lowest BCUT2D eigenvalue weighted by Gasteiger charge is -2.50. The van der Waals surface area contributed by atoms with Crippen LogP contribution in [-0.2, 0) is 119 Å². The zero-order valence-electron chi connectivity index (χ0n) is 36.4. The summed E-state index contributed by atoms with van der Waals surface area (Å²) in [6.07, 6.45) is -27.2. The molecule has 0 aliphatic carbocycles. The quantitative estimate of drug-likeness (QED) is 0.123. The van der Waals surface area contributed by atoms with Crippen LogP contribution < -0.4 is 0 Å². The van der Waals surface area contributed by atoms with E-state index in [0.717, 1.165) is 69.2 Å². The third-order valence-electron chi connectivity index (χ3n) is 8.84. The van der Waals surface area contributed by atoms with Crippen LogP contribution in [0.5, 0.6) is 0 Å². The van der Waals surface area contributed by atoms with Crippen LogP contribution in [0.15, 0.2) is 0 Å². The second-order valence-corrected chi connectivity index (χ2v) is 14.3. The predicted octanol–water partition coefficient (Wildman–Crippen LogP) is -1.86. The highest BCUT2D eigenvalue weighted by molar-refractivity contribution is 5.70. The van der Waals surface area contributed by atoms with Gasteiger partial charge in [-0.3, -0.25) is 47.9 Å². The van der Waals surface area contributed by atoms with Gasteiger partial charge in [0.05, 0.1) is 0 Å². The molecule has 0 bridgehead atoms. The van der Waals surface area contributed by atoms with E-state index in [1.807, 2.05) is 0 Å². The minimum Gasteiger partial charge on any atom is -0.463 e. The third kappa shape index (κ3) is 15.6. The Bertz CT molecular complexity index is 1730. The Morgan fingerprint density at radius 3 is 0.906 bits per heavy atom. The fraction of sp³-hybridized carbons (Fsp3) is 0.737. The fourth-order valence-corrected chi connectivity index (χ4v) is 6.77. The van der Waals surface area contributed by atoms with Gasteiger partial charge in [-0.05, 0) is 0 Å². The van der Waals surface area contributed by atoms with E-state index in [1.165, 1.54) is 0 Å². The molecule has 6 unspecified atom stereocenters. The predicted molar refractivity (Wildman–Crippen MR) is 197 cm³/mol. The van der Waals surface area contributed by atoms with Gasteiger partial charge >= 0.3 is 59.7 Å². The largest absolute Gasteiger partial charge is 0.463 e. The van der Waals surface area contributed by atoms with E-state index in [0.29, 0.717) is 0 Å². The smallest absolute Gasteiger partial charge is 0.303 e. The highest BCUT2D eigenvalue weighted by Gasteiger charge is 2.59. The molecule has 3 heterocycles. The third-order valence-corrected chi connectivity index (χ3v) is 8.84. The van der Waals surface area contributed by atoms with Crippen molar-refractivity contribution in [3.8, 4) is 0 Å². The Balaban J connectivity index is 2.28. The van der Waals surface area contributed by atoms with Gasteiger partial charge in [-0.25, -0.2) is 0 Å². The average molecular weight is 925 g/mol. The lowest BCUT2D eigenvalue weighted by Crippen LogP contribution is -2.68. The van der Waals surface area contributed by atoms with Crippen LogP contribution >= 0.6 is 0 Å². The standard InChI is InChI=1S/C38H52O26/c1-14(39)50-11-24-28(30(54-18(5)43)33(36(49)60-24)57-21(8)46)63-38-35(59-23(10)48)32(56-20(7)45)29(26(62-38)13-52-16(3)41)64-37-34(58-22(9)47)31(55-19(6)44)27(53-17(4)42)25(61-37)12-51-15(2)40/h24-38,49H,11-13H2,1-10H3/t24?,25?,26?,27-,28+,29-,30-,31-,32-,33?,34?,35?,36+,37+,38-/m0/s1. The number of carbonyl (C=O) groups is 10. The first-order valence-electron chi connectivity index (χ1n) is 19.4. The summed E-state index contributed by atoms with van der Waals surface area (Å²) in [6, 6.07) is 0. The monoisotopic (exact) mass is 924 g/mol. The molecule has 15 atom stereocenters. The molecular weight excluding hydrogens is 872 g/mol. The van der Waals surface area contributed by atoms with Crippen LogP contribution in [0, 0.1) is 0 Å². The minimum atomic E-state index is -2.02. The van der Waals surface area contributed by atoms with E-state index in [4.69, 9.17) is 71.1 Å². The Kier molecular flexibility index (Phi) is 19.8. The Labute approximate surface area is 364 Å². The summed E-state index contributed by atoms with van der Waals surface area (Å²) >= 11 is 0. The molecule has 0 spiro atoms. The number of hydrogen-bond donors (Lipinski definition) is 1. The van der Waals surface area contributed by atoms with E-state index in [2.05, 4.69) is 0 Å². The molecule has 0 saturated carbocycles. The topological polar surface area (TPSA) is 329 Å². The summed E-state index contributed by atoms with van der Waals surface area (Å²) in [5.74, 6) is -9.61. The Morgan fingerprint density at radius 2 is 0.578 bits per heavy atom. The zero-order chi connectivity index (χ0) is 48.2.